The summed E-state index contributed by atoms with van der Waals surface area (Å²) in [5.41, 5.74) is 2.58. The highest BCUT2D eigenvalue weighted by Crippen LogP contribution is 2.34. The quantitative estimate of drug-likeness (QED) is 0.180. The van der Waals surface area contributed by atoms with E-state index in [-0.39, 0.29) is 62.7 Å². The lowest BCUT2D eigenvalue weighted by Gasteiger charge is -2.42. The Bertz CT molecular complexity index is 2050. The van der Waals surface area contributed by atoms with Crippen LogP contribution in [-0.4, -0.2) is 176 Å². The van der Waals surface area contributed by atoms with Crippen LogP contribution >= 0.6 is 0 Å². The molecule has 0 aromatic heterocycles. The maximum Gasteiger partial charge on any atom is 0.410 e. The molecule has 2 N–H and O–H groups in total. The van der Waals surface area contributed by atoms with Gasteiger partial charge in [0.15, 0.2) is 19.3 Å². The van der Waals surface area contributed by atoms with Gasteiger partial charge in [-0.1, -0.05) is 30.3 Å². The second kappa shape index (κ2) is 20.7. The molecule has 2 aromatic carbocycles. The number of anilines is 1. The number of aryl methyl sites for hydroxylation is 2. The lowest BCUT2D eigenvalue weighted by atomic mass is 9.82. The molecule has 4 aliphatic rings. The number of rotatable bonds is 12. The van der Waals surface area contributed by atoms with Gasteiger partial charge in [0.05, 0.1) is 5.92 Å². The Morgan fingerprint density at radius 3 is 2.03 bits per heavy atom. The lowest BCUT2D eigenvalue weighted by molar-refractivity contribution is -0.165. The van der Waals surface area contributed by atoms with E-state index < -0.39 is 54.0 Å². The second-order valence-electron chi connectivity index (χ2n) is 17.8. The summed E-state index contributed by atoms with van der Waals surface area (Å²) < 4.78 is 17.0. The number of hydrogen-bond acceptors (Lipinski definition) is 12. The molecular weight excluding hydrogens is 827 g/mol. The number of carbonyl (C=O) groups excluding carboxylic acids is 7. The van der Waals surface area contributed by atoms with Gasteiger partial charge in [0, 0.05) is 105 Å². The van der Waals surface area contributed by atoms with E-state index in [0.29, 0.717) is 81.5 Å². The van der Waals surface area contributed by atoms with Crippen LogP contribution in [0.2, 0.25) is 0 Å². The number of urea groups is 1. The fourth-order valence-corrected chi connectivity index (χ4v) is 9.12. The summed E-state index contributed by atoms with van der Waals surface area (Å²) >= 11 is 0. The minimum atomic E-state index is -1.23. The van der Waals surface area contributed by atoms with Crippen molar-refractivity contribution in [3.8, 4) is 5.75 Å². The summed E-state index contributed by atoms with van der Waals surface area (Å²) in [5.74, 6) is -2.59. The van der Waals surface area contributed by atoms with Crippen molar-refractivity contribution in [2.75, 3.05) is 92.5 Å². The van der Waals surface area contributed by atoms with Crippen molar-refractivity contribution in [3.05, 3.63) is 58.7 Å². The highest BCUT2D eigenvalue weighted by molar-refractivity contribution is 5.91. The van der Waals surface area contributed by atoms with Gasteiger partial charge in [-0.15, -0.1) is 0 Å². The average Bonchev–Trinajstić information content (AvgIpc) is 3.46. The molecule has 1 radical (unpaired) electrons. The molecule has 0 bridgehead atoms. The van der Waals surface area contributed by atoms with Crippen molar-refractivity contribution in [1.29, 1.82) is 0 Å². The molecule has 3 saturated heterocycles. The molecule has 6 rings (SSSR count). The summed E-state index contributed by atoms with van der Waals surface area (Å²) in [6, 6.07) is 11.0. The van der Waals surface area contributed by atoms with Crippen LogP contribution in [0.4, 0.5) is 15.3 Å². The minimum Gasteiger partial charge on any atom is -0.507 e. The number of esters is 2. The number of amides is 6. The summed E-state index contributed by atoms with van der Waals surface area (Å²) in [7, 11) is 6.28. The molecule has 6 amide bonds. The van der Waals surface area contributed by atoms with Crippen molar-refractivity contribution in [1.82, 2.24) is 29.4 Å². The molecule has 0 spiro atoms. The summed E-state index contributed by atoms with van der Waals surface area (Å²) in [5, 5.41) is 13.5. The van der Waals surface area contributed by atoms with Crippen LogP contribution in [-0.2, 0) is 51.0 Å². The maximum atomic E-state index is 14.6. The zero-order valence-corrected chi connectivity index (χ0v) is 37.9. The fourth-order valence-electron chi connectivity index (χ4n) is 9.12. The normalized spacial score (nSPS) is 18.8. The Labute approximate surface area is 374 Å². The van der Waals surface area contributed by atoms with Crippen LogP contribution in [0.5, 0.6) is 5.75 Å². The second-order valence-corrected chi connectivity index (χ2v) is 17.8. The van der Waals surface area contributed by atoms with E-state index in [1.54, 1.807) is 64.0 Å². The number of carbonyl (C=O) groups is 7. The maximum absolute atomic E-state index is 14.6. The molecule has 0 saturated carbocycles. The van der Waals surface area contributed by atoms with Crippen molar-refractivity contribution in [3.63, 3.8) is 0 Å². The zero-order chi connectivity index (χ0) is 46.3. The molecule has 64 heavy (non-hydrogen) atoms. The predicted molar refractivity (Wildman–Crippen MR) is 234 cm³/mol. The number of hydrogen-bond donors (Lipinski definition) is 2. The number of fused-ring (bicyclic) bond motifs is 1. The first-order chi connectivity index (χ1) is 30.5. The third-order valence-corrected chi connectivity index (χ3v) is 13.2. The number of phenolic OH excluding ortho intramolecular Hbond substituents is 1. The Hall–Kier alpha value is -5.91. The van der Waals surface area contributed by atoms with Gasteiger partial charge < -0.3 is 49.1 Å². The third kappa shape index (κ3) is 11.1. The number of phenols is 1. The molecule has 0 aliphatic carbocycles. The first-order valence-electron chi connectivity index (χ1n) is 22.2. The van der Waals surface area contributed by atoms with E-state index in [9.17, 15) is 38.7 Å². The average molecular weight is 890 g/mol. The van der Waals surface area contributed by atoms with E-state index in [0.717, 1.165) is 11.3 Å². The topological polar surface area (TPSA) is 202 Å². The molecule has 4 heterocycles. The number of para-hydroxylation sites is 1. The predicted octanol–water partition coefficient (Wildman–Crippen LogP) is 2.79. The van der Waals surface area contributed by atoms with Crippen LogP contribution in [0, 0.1) is 19.8 Å². The highest BCUT2D eigenvalue weighted by atomic mass is 16.6. The van der Waals surface area contributed by atoms with E-state index in [4.69, 9.17) is 14.2 Å². The lowest BCUT2D eigenvalue weighted by Crippen LogP contribution is -2.66. The van der Waals surface area contributed by atoms with Crippen LogP contribution < -0.4 is 10.2 Å². The molecule has 2 aromatic rings. The Morgan fingerprint density at radius 1 is 0.828 bits per heavy atom. The molecule has 18 nitrogen and oxygen atoms in total. The molecule has 4 aliphatic heterocycles. The number of benzene rings is 2. The Balaban J connectivity index is 1.13. The molecular formula is C46H63N7O11+. The SMILES string of the molecule is Cc1cc(C[C@@H](OC(=O)N2CCC(N3CCc4ccccc4NC3=O)CC2)C(=O)N2CCC(C(=O)OCC(=O)N(C)C)([N+]3CCC(C(=O)OCC(=O)N(C)C)CC3)CC2)cc(C)c1O. The number of aromatic hydroxyl groups is 1. The number of likely N-dealkylation sites (N-methyl/N-ethyl adjacent to an activating group) is 2. The van der Waals surface area contributed by atoms with Crippen LogP contribution in [0.15, 0.2) is 36.4 Å². The number of nitrogens with one attached hydrogen (secondary N) is 1. The largest absolute Gasteiger partial charge is 0.507 e. The molecule has 3 fully saturated rings. The van der Waals surface area contributed by atoms with Gasteiger partial charge in [0.2, 0.25) is 5.54 Å². The molecule has 0 unspecified atom stereocenters. The smallest absolute Gasteiger partial charge is 0.410 e. The first-order valence-corrected chi connectivity index (χ1v) is 22.2. The highest BCUT2D eigenvalue weighted by Gasteiger charge is 2.57. The van der Waals surface area contributed by atoms with E-state index >= 15 is 0 Å². The standard InChI is InChI=1S/C46H63N7O11/c1-30-25-32(26-31(2)40(30)56)27-37(64-45(61)51-18-14-35(15-19-51)53-22-13-33-9-7-8-10-36(33)47-44(53)60)41(57)50-23-16-46(17-24-50,43(59)63-29-39(55)49(5)6)52-20-11-34(12-21-52)42(58)62-28-38(54)48(3)4/h7-10,25-26,34-35,37,56H,11-24,27-29H2,1-6H3,(H,47,60)/q+1/t37-/m1/s1. The summed E-state index contributed by atoms with van der Waals surface area (Å²) in [6.07, 6.45) is 0.973. The van der Waals surface area contributed by atoms with Gasteiger partial charge in [0.1, 0.15) is 18.8 Å². The van der Waals surface area contributed by atoms with Gasteiger partial charge in [0.25, 0.3) is 17.7 Å². The van der Waals surface area contributed by atoms with Crippen LogP contribution in [0.3, 0.4) is 0 Å². The van der Waals surface area contributed by atoms with Crippen molar-refractivity contribution in [2.45, 2.75) is 82.9 Å². The third-order valence-electron chi connectivity index (χ3n) is 13.2. The molecule has 18 heteroatoms. The first kappa shape index (κ1) is 47.6. The summed E-state index contributed by atoms with van der Waals surface area (Å²) in [6.45, 7) is 4.79. The minimum absolute atomic E-state index is 0.0393. The van der Waals surface area contributed by atoms with Gasteiger partial charge in [-0.25, -0.2) is 14.4 Å². The van der Waals surface area contributed by atoms with Crippen molar-refractivity contribution < 1.29 is 52.9 Å². The number of ether oxygens (including phenoxy) is 3. The molecule has 347 valence electrons. The number of likely N-dealkylation sites (tertiary alicyclic amines) is 3. The van der Waals surface area contributed by atoms with E-state index in [2.05, 4.69) is 5.32 Å². The van der Waals surface area contributed by atoms with Crippen LogP contribution in [0.25, 0.3) is 0 Å². The van der Waals surface area contributed by atoms with Crippen molar-refractivity contribution >= 4 is 47.5 Å². The van der Waals surface area contributed by atoms with Crippen LogP contribution in [0.1, 0.15) is 60.8 Å². The molecule has 1 atom stereocenters. The van der Waals surface area contributed by atoms with E-state index in [1.165, 1.54) is 9.80 Å². The number of piperidine rings is 3. The Morgan fingerprint density at radius 2 is 1.42 bits per heavy atom. The van der Waals surface area contributed by atoms with Gasteiger partial charge >= 0.3 is 24.1 Å². The fraction of sp³-hybridized carbons (Fsp3) is 0.587. The van der Waals surface area contributed by atoms with Crippen molar-refractivity contribution in [2.24, 2.45) is 5.92 Å². The van der Waals surface area contributed by atoms with Gasteiger partial charge in [-0.05, 0) is 61.4 Å². The van der Waals surface area contributed by atoms with Gasteiger partial charge in [-0.3, -0.25) is 19.2 Å². The monoisotopic (exact) mass is 889 g/mol. The number of nitrogens with zero attached hydrogens (tertiary/aromatic N) is 6. The van der Waals surface area contributed by atoms with E-state index in [1.807, 2.05) is 34.1 Å². The van der Waals surface area contributed by atoms with Gasteiger partial charge in [-0.2, -0.15) is 4.90 Å². The zero-order valence-electron chi connectivity index (χ0n) is 37.9. The summed E-state index contributed by atoms with van der Waals surface area (Å²) in [4.78, 5) is 103. The Kier molecular flexibility index (Phi) is 15.4.